The average molecular weight is 299 g/mol. The minimum Gasteiger partial charge on any atom is -0.481 e. The number of pyridine rings is 2. The van der Waals surface area contributed by atoms with Crippen LogP contribution in [0.5, 0.6) is 0 Å². The van der Waals surface area contributed by atoms with Crippen molar-refractivity contribution in [2.45, 2.75) is 32.1 Å². The lowest BCUT2D eigenvalue weighted by Crippen LogP contribution is -2.20. The number of nitrogens with zero attached hydrogens (tertiary/aromatic N) is 3. The zero-order valence-corrected chi connectivity index (χ0v) is 12.6. The number of carbonyl (C=O) groups is 1. The van der Waals surface area contributed by atoms with E-state index < -0.39 is 5.97 Å². The summed E-state index contributed by atoms with van der Waals surface area (Å²) >= 11 is 0. The molecule has 0 saturated carbocycles. The largest absolute Gasteiger partial charge is 0.481 e. The fourth-order valence-electron chi connectivity index (χ4n) is 2.27. The van der Waals surface area contributed by atoms with Gasteiger partial charge in [-0.25, -0.2) is 9.97 Å². The molecule has 2 heterocycles. The second-order valence-corrected chi connectivity index (χ2v) is 5.09. The number of hydrogen-bond acceptors (Lipinski definition) is 4. The normalized spacial score (nSPS) is 10.4. The summed E-state index contributed by atoms with van der Waals surface area (Å²) < 4.78 is 0. The molecule has 5 nitrogen and oxygen atoms in total. The van der Waals surface area contributed by atoms with Crippen molar-refractivity contribution in [1.82, 2.24) is 9.97 Å². The second kappa shape index (κ2) is 8.77. The Morgan fingerprint density at radius 1 is 0.909 bits per heavy atom. The Labute approximate surface area is 130 Å². The highest BCUT2D eigenvalue weighted by Gasteiger charge is 2.10. The molecule has 1 N–H and O–H groups in total. The molecule has 0 bridgehead atoms. The summed E-state index contributed by atoms with van der Waals surface area (Å²) in [6.07, 6.45) is 7.46. The number of anilines is 2. The van der Waals surface area contributed by atoms with Gasteiger partial charge in [0.2, 0.25) is 0 Å². The van der Waals surface area contributed by atoms with E-state index in [1.54, 1.807) is 12.4 Å². The van der Waals surface area contributed by atoms with Gasteiger partial charge in [-0.3, -0.25) is 4.79 Å². The van der Waals surface area contributed by atoms with Crippen molar-refractivity contribution in [3.05, 3.63) is 48.8 Å². The van der Waals surface area contributed by atoms with Crippen LogP contribution in [0.3, 0.4) is 0 Å². The van der Waals surface area contributed by atoms with Crippen molar-refractivity contribution in [3.63, 3.8) is 0 Å². The first-order valence-corrected chi connectivity index (χ1v) is 7.59. The zero-order valence-electron chi connectivity index (χ0n) is 12.6. The number of carboxylic acid groups (broad SMARTS) is 1. The average Bonchev–Trinajstić information content (AvgIpc) is 2.55. The quantitative estimate of drug-likeness (QED) is 0.716. The maximum atomic E-state index is 10.5. The van der Waals surface area contributed by atoms with Crippen LogP contribution < -0.4 is 4.90 Å². The second-order valence-electron chi connectivity index (χ2n) is 5.09. The summed E-state index contributed by atoms with van der Waals surface area (Å²) in [6.45, 7) is 0.821. The molecule has 0 fully saturated rings. The van der Waals surface area contributed by atoms with Crippen LogP contribution in [-0.2, 0) is 4.79 Å². The molecular formula is C17H21N3O2. The predicted molar refractivity (Wildman–Crippen MR) is 86.2 cm³/mol. The number of aliphatic carboxylic acids is 1. The first-order valence-electron chi connectivity index (χ1n) is 7.59. The summed E-state index contributed by atoms with van der Waals surface area (Å²) in [6, 6.07) is 11.7. The van der Waals surface area contributed by atoms with Crippen molar-refractivity contribution >= 4 is 17.6 Å². The van der Waals surface area contributed by atoms with Gasteiger partial charge in [0.1, 0.15) is 11.6 Å². The van der Waals surface area contributed by atoms with E-state index in [0.717, 1.165) is 43.9 Å². The van der Waals surface area contributed by atoms with Crippen LogP contribution in [0.15, 0.2) is 48.8 Å². The maximum Gasteiger partial charge on any atom is 0.303 e. The van der Waals surface area contributed by atoms with Crippen LogP contribution in [0.4, 0.5) is 11.6 Å². The molecule has 2 aromatic rings. The van der Waals surface area contributed by atoms with Crippen molar-refractivity contribution in [2.24, 2.45) is 0 Å². The summed E-state index contributed by atoms with van der Waals surface area (Å²) in [5.41, 5.74) is 0. The molecule has 116 valence electrons. The topological polar surface area (TPSA) is 66.3 Å². The predicted octanol–water partition coefficient (Wildman–Crippen LogP) is 3.65. The Morgan fingerprint density at radius 3 is 2.00 bits per heavy atom. The van der Waals surface area contributed by atoms with Gasteiger partial charge in [-0.15, -0.1) is 0 Å². The molecule has 5 heteroatoms. The van der Waals surface area contributed by atoms with Crippen molar-refractivity contribution in [2.75, 3.05) is 11.4 Å². The van der Waals surface area contributed by atoms with Gasteiger partial charge >= 0.3 is 5.97 Å². The highest BCUT2D eigenvalue weighted by atomic mass is 16.4. The van der Waals surface area contributed by atoms with E-state index in [1.165, 1.54) is 0 Å². The summed E-state index contributed by atoms with van der Waals surface area (Å²) in [4.78, 5) is 21.4. The van der Waals surface area contributed by atoms with E-state index in [4.69, 9.17) is 5.11 Å². The lowest BCUT2D eigenvalue weighted by molar-refractivity contribution is -0.137. The zero-order chi connectivity index (χ0) is 15.6. The van der Waals surface area contributed by atoms with Gasteiger partial charge in [0.05, 0.1) is 0 Å². The standard InChI is InChI=1S/C17H21N3O2/c21-17(22)11-3-1-2-8-14-20(15-9-4-6-12-18-15)16-10-5-7-13-19-16/h4-7,9-10,12-13H,1-3,8,11,14H2,(H,21,22). The highest BCUT2D eigenvalue weighted by molar-refractivity contribution is 5.66. The number of hydrogen-bond donors (Lipinski definition) is 1. The van der Waals surface area contributed by atoms with Crippen LogP contribution >= 0.6 is 0 Å². The Morgan fingerprint density at radius 2 is 1.50 bits per heavy atom. The van der Waals surface area contributed by atoms with Crippen molar-refractivity contribution < 1.29 is 9.90 Å². The van der Waals surface area contributed by atoms with Crippen LogP contribution in [0.1, 0.15) is 32.1 Å². The Hall–Kier alpha value is -2.43. The van der Waals surface area contributed by atoms with Crippen molar-refractivity contribution in [3.8, 4) is 0 Å². The molecular weight excluding hydrogens is 278 g/mol. The smallest absolute Gasteiger partial charge is 0.303 e. The molecule has 0 aromatic carbocycles. The molecule has 0 radical (unpaired) electrons. The van der Waals surface area contributed by atoms with E-state index in [9.17, 15) is 4.79 Å². The lowest BCUT2D eigenvalue weighted by atomic mass is 10.1. The van der Waals surface area contributed by atoms with Gasteiger partial charge < -0.3 is 10.0 Å². The van der Waals surface area contributed by atoms with Gasteiger partial charge in [-0.2, -0.15) is 0 Å². The minimum absolute atomic E-state index is 0.254. The third-order valence-corrected chi connectivity index (χ3v) is 3.37. The molecule has 0 unspecified atom stereocenters. The number of rotatable bonds is 9. The van der Waals surface area contributed by atoms with E-state index in [0.29, 0.717) is 0 Å². The van der Waals surface area contributed by atoms with Gasteiger partial charge in [0.15, 0.2) is 0 Å². The molecule has 0 atom stereocenters. The number of carboxylic acids is 1. The Balaban J connectivity index is 1.91. The van der Waals surface area contributed by atoms with Crippen LogP contribution in [0, 0.1) is 0 Å². The van der Waals surface area contributed by atoms with Gasteiger partial charge in [-0.1, -0.05) is 25.0 Å². The lowest BCUT2D eigenvalue weighted by Gasteiger charge is -2.22. The van der Waals surface area contributed by atoms with E-state index in [2.05, 4.69) is 14.9 Å². The van der Waals surface area contributed by atoms with Crippen LogP contribution in [-0.4, -0.2) is 27.6 Å². The summed E-state index contributed by atoms with van der Waals surface area (Å²) in [5, 5.41) is 8.63. The van der Waals surface area contributed by atoms with Gasteiger partial charge in [0, 0.05) is 25.4 Å². The first-order chi connectivity index (χ1) is 10.8. The van der Waals surface area contributed by atoms with Gasteiger partial charge in [0.25, 0.3) is 0 Å². The first kappa shape index (κ1) is 15.9. The van der Waals surface area contributed by atoms with E-state index in [1.807, 2.05) is 36.4 Å². The number of aromatic nitrogens is 2. The van der Waals surface area contributed by atoms with Gasteiger partial charge in [-0.05, 0) is 37.1 Å². The monoisotopic (exact) mass is 299 g/mol. The molecule has 0 aliphatic heterocycles. The molecule has 0 saturated heterocycles. The molecule has 2 aromatic heterocycles. The highest BCUT2D eigenvalue weighted by Crippen LogP contribution is 2.21. The van der Waals surface area contributed by atoms with E-state index >= 15 is 0 Å². The maximum absolute atomic E-state index is 10.5. The minimum atomic E-state index is -0.719. The molecule has 0 amide bonds. The Kier molecular flexibility index (Phi) is 6.36. The molecule has 2 rings (SSSR count). The van der Waals surface area contributed by atoms with Crippen molar-refractivity contribution in [1.29, 1.82) is 0 Å². The Bertz CT molecular complexity index is 521. The molecule has 0 aliphatic carbocycles. The third kappa shape index (κ3) is 5.16. The summed E-state index contributed by atoms with van der Waals surface area (Å²) in [5.74, 6) is 1.04. The fourth-order valence-corrected chi connectivity index (χ4v) is 2.27. The SMILES string of the molecule is O=C(O)CCCCCCN(c1ccccn1)c1ccccn1. The third-order valence-electron chi connectivity index (χ3n) is 3.37. The van der Waals surface area contributed by atoms with Crippen LogP contribution in [0.25, 0.3) is 0 Å². The molecule has 0 aliphatic rings. The van der Waals surface area contributed by atoms with Crippen LogP contribution in [0.2, 0.25) is 0 Å². The molecule has 22 heavy (non-hydrogen) atoms. The summed E-state index contributed by atoms with van der Waals surface area (Å²) in [7, 11) is 0. The fraction of sp³-hybridized carbons (Fsp3) is 0.353. The number of unbranched alkanes of at least 4 members (excludes halogenated alkanes) is 3. The molecule has 0 spiro atoms. The van der Waals surface area contributed by atoms with E-state index in [-0.39, 0.29) is 6.42 Å².